The summed E-state index contributed by atoms with van der Waals surface area (Å²) < 4.78 is 24.0. The van der Waals surface area contributed by atoms with E-state index in [9.17, 15) is 9.18 Å². The lowest BCUT2D eigenvalue weighted by Gasteiger charge is -2.33. The molecule has 1 fully saturated rings. The zero-order valence-corrected chi connectivity index (χ0v) is 13.9. The zero-order chi connectivity index (χ0) is 17.1. The van der Waals surface area contributed by atoms with Gasteiger partial charge in [-0.2, -0.15) is 0 Å². The molecule has 6 heteroatoms. The van der Waals surface area contributed by atoms with E-state index < -0.39 is 0 Å². The van der Waals surface area contributed by atoms with Crippen molar-refractivity contribution in [2.75, 3.05) is 13.7 Å². The minimum atomic E-state index is -0.327. The molecule has 2 heterocycles. The topological polar surface area (TPSA) is 55.6 Å². The summed E-state index contributed by atoms with van der Waals surface area (Å²) in [6.45, 7) is 3.17. The van der Waals surface area contributed by atoms with Crippen LogP contribution in [0.25, 0.3) is 11.5 Å². The molecule has 0 saturated carbocycles. The number of hydrogen-bond acceptors (Lipinski definition) is 5. The second-order valence-corrected chi connectivity index (χ2v) is 6.04. The van der Waals surface area contributed by atoms with Gasteiger partial charge >= 0.3 is 5.97 Å². The number of methoxy groups -OCH3 is 1. The summed E-state index contributed by atoms with van der Waals surface area (Å²) in [5, 5.41) is 0. The van der Waals surface area contributed by atoms with Crippen molar-refractivity contribution >= 4 is 5.97 Å². The van der Waals surface area contributed by atoms with Gasteiger partial charge in [0, 0.05) is 12.1 Å². The van der Waals surface area contributed by atoms with Gasteiger partial charge in [-0.1, -0.05) is 12.5 Å². The Kier molecular flexibility index (Phi) is 4.94. The number of halogens is 1. The van der Waals surface area contributed by atoms with Crippen molar-refractivity contribution in [3.8, 4) is 11.5 Å². The van der Waals surface area contributed by atoms with Crippen molar-refractivity contribution in [1.82, 2.24) is 9.88 Å². The van der Waals surface area contributed by atoms with Crippen molar-refractivity contribution in [3.05, 3.63) is 41.5 Å². The molecule has 0 N–H and O–H groups in total. The first-order valence-electron chi connectivity index (χ1n) is 8.12. The normalized spacial score (nSPS) is 18.5. The van der Waals surface area contributed by atoms with Gasteiger partial charge in [0.25, 0.3) is 0 Å². The van der Waals surface area contributed by atoms with Crippen LogP contribution in [0.15, 0.2) is 28.7 Å². The number of benzene rings is 1. The number of esters is 1. The molecule has 0 bridgehead atoms. The van der Waals surface area contributed by atoms with E-state index in [-0.39, 0.29) is 17.8 Å². The third-order valence-electron chi connectivity index (χ3n) is 4.40. The Balaban J connectivity index is 1.81. The molecule has 3 rings (SSSR count). The molecule has 5 nitrogen and oxygen atoms in total. The van der Waals surface area contributed by atoms with E-state index in [0.29, 0.717) is 23.8 Å². The third-order valence-corrected chi connectivity index (χ3v) is 4.40. The largest absolute Gasteiger partial charge is 0.468 e. The highest BCUT2D eigenvalue weighted by atomic mass is 19.1. The predicted octanol–water partition coefficient (Wildman–Crippen LogP) is 3.32. The number of likely N-dealkylation sites (tertiary alicyclic amines) is 1. The number of aryl methyl sites for hydroxylation is 1. The summed E-state index contributed by atoms with van der Waals surface area (Å²) in [4.78, 5) is 18.6. The minimum absolute atomic E-state index is 0.207. The number of oxazole rings is 1. The summed E-state index contributed by atoms with van der Waals surface area (Å²) in [5.41, 5.74) is 1.37. The average Bonchev–Trinajstić information content (AvgIpc) is 2.95. The molecule has 0 radical (unpaired) electrons. The van der Waals surface area contributed by atoms with Crippen LogP contribution >= 0.6 is 0 Å². The fourth-order valence-corrected chi connectivity index (χ4v) is 3.10. The zero-order valence-electron chi connectivity index (χ0n) is 13.9. The Bertz CT molecular complexity index is 729. The van der Waals surface area contributed by atoms with E-state index in [1.807, 2.05) is 6.92 Å². The second-order valence-electron chi connectivity index (χ2n) is 6.04. The first-order valence-corrected chi connectivity index (χ1v) is 8.12. The molecule has 24 heavy (non-hydrogen) atoms. The lowest BCUT2D eigenvalue weighted by Crippen LogP contribution is -2.44. The summed E-state index contributed by atoms with van der Waals surface area (Å²) in [7, 11) is 1.42. The molecular formula is C18H21FN2O3. The van der Waals surface area contributed by atoms with E-state index in [1.165, 1.54) is 19.2 Å². The van der Waals surface area contributed by atoms with E-state index in [1.54, 1.807) is 12.1 Å². The van der Waals surface area contributed by atoms with Gasteiger partial charge in [-0.3, -0.25) is 9.69 Å². The second kappa shape index (κ2) is 7.13. The summed E-state index contributed by atoms with van der Waals surface area (Å²) in [5.74, 6) is 0.546. The van der Waals surface area contributed by atoms with Crippen molar-refractivity contribution in [2.24, 2.45) is 0 Å². The summed E-state index contributed by atoms with van der Waals surface area (Å²) in [6.07, 6.45) is 2.85. The van der Waals surface area contributed by atoms with Crippen LogP contribution < -0.4 is 0 Å². The van der Waals surface area contributed by atoms with Crippen LogP contribution in [0.2, 0.25) is 0 Å². The van der Waals surface area contributed by atoms with Gasteiger partial charge in [0.15, 0.2) is 0 Å². The molecule has 0 aliphatic carbocycles. The van der Waals surface area contributed by atoms with E-state index in [2.05, 4.69) is 9.88 Å². The van der Waals surface area contributed by atoms with Crippen LogP contribution in [0.4, 0.5) is 4.39 Å². The molecule has 1 saturated heterocycles. The molecule has 0 spiro atoms. The van der Waals surface area contributed by atoms with Crippen LogP contribution in [0.1, 0.15) is 30.7 Å². The van der Waals surface area contributed by atoms with E-state index >= 15 is 0 Å². The van der Waals surface area contributed by atoms with Crippen molar-refractivity contribution in [2.45, 2.75) is 38.8 Å². The number of piperidine rings is 1. The van der Waals surface area contributed by atoms with Crippen molar-refractivity contribution < 1.29 is 18.3 Å². The Morgan fingerprint density at radius 1 is 1.46 bits per heavy atom. The molecule has 1 aliphatic rings. The van der Waals surface area contributed by atoms with Gasteiger partial charge in [0.1, 0.15) is 17.6 Å². The van der Waals surface area contributed by atoms with E-state index in [0.717, 1.165) is 31.5 Å². The molecule has 128 valence electrons. The highest BCUT2D eigenvalue weighted by Crippen LogP contribution is 2.26. The van der Waals surface area contributed by atoms with Crippen molar-refractivity contribution in [1.29, 1.82) is 0 Å². The maximum absolute atomic E-state index is 13.4. The SMILES string of the molecule is COC(=O)[C@H]1CCCCN1Cc1nc(-c2cccc(F)c2)oc1C. The molecule has 1 aromatic heterocycles. The quantitative estimate of drug-likeness (QED) is 0.804. The lowest BCUT2D eigenvalue weighted by molar-refractivity contribution is -0.148. The van der Waals surface area contributed by atoms with E-state index in [4.69, 9.17) is 9.15 Å². The first kappa shape index (κ1) is 16.6. The standard InChI is InChI=1S/C18H21FN2O3/c1-12-15(11-21-9-4-3-8-16(21)18(22)23-2)20-17(24-12)13-6-5-7-14(19)10-13/h5-7,10,16H,3-4,8-9,11H2,1-2H3/t16-/m1/s1. The fraction of sp³-hybridized carbons (Fsp3) is 0.444. The van der Waals surface area contributed by atoms with Crippen LogP contribution in [0.5, 0.6) is 0 Å². The number of hydrogen-bond donors (Lipinski definition) is 0. The number of nitrogens with zero attached hydrogens (tertiary/aromatic N) is 2. The molecule has 1 atom stereocenters. The lowest BCUT2D eigenvalue weighted by atomic mass is 10.0. The number of carbonyl (C=O) groups excluding carboxylic acids is 1. The van der Waals surface area contributed by atoms with Gasteiger partial charge in [-0.15, -0.1) is 0 Å². The molecule has 0 unspecified atom stereocenters. The van der Waals surface area contributed by atoms with Crippen LogP contribution in [-0.2, 0) is 16.1 Å². The van der Waals surface area contributed by atoms with Crippen LogP contribution in [-0.4, -0.2) is 35.5 Å². The number of carbonyl (C=O) groups is 1. The van der Waals surface area contributed by atoms with Crippen LogP contribution in [0, 0.1) is 12.7 Å². The highest BCUT2D eigenvalue weighted by molar-refractivity contribution is 5.75. The minimum Gasteiger partial charge on any atom is -0.468 e. The summed E-state index contributed by atoms with van der Waals surface area (Å²) >= 11 is 0. The molecule has 1 aliphatic heterocycles. The number of rotatable bonds is 4. The summed E-state index contributed by atoms with van der Waals surface area (Å²) in [6, 6.07) is 5.93. The first-order chi connectivity index (χ1) is 11.6. The van der Waals surface area contributed by atoms with Crippen LogP contribution in [0.3, 0.4) is 0 Å². The number of ether oxygens (including phenoxy) is 1. The molecule has 2 aromatic rings. The molecule has 1 aromatic carbocycles. The maximum Gasteiger partial charge on any atom is 0.323 e. The van der Waals surface area contributed by atoms with Gasteiger partial charge in [-0.25, -0.2) is 9.37 Å². The van der Waals surface area contributed by atoms with Gasteiger partial charge in [0.05, 0.1) is 12.8 Å². The Morgan fingerprint density at radius 3 is 3.04 bits per heavy atom. The fourth-order valence-electron chi connectivity index (χ4n) is 3.10. The van der Waals surface area contributed by atoms with Crippen molar-refractivity contribution in [3.63, 3.8) is 0 Å². The Labute approximate surface area is 140 Å². The monoisotopic (exact) mass is 332 g/mol. The average molecular weight is 332 g/mol. The molecule has 0 amide bonds. The van der Waals surface area contributed by atoms with Gasteiger partial charge in [0.2, 0.25) is 5.89 Å². The third kappa shape index (κ3) is 3.48. The highest BCUT2D eigenvalue weighted by Gasteiger charge is 2.30. The predicted molar refractivity (Wildman–Crippen MR) is 86.7 cm³/mol. The van der Waals surface area contributed by atoms with Gasteiger partial charge in [-0.05, 0) is 44.5 Å². The Hall–Kier alpha value is -2.21. The maximum atomic E-state index is 13.4. The smallest absolute Gasteiger partial charge is 0.323 e. The molecular weight excluding hydrogens is 311 g/mol. The number of aromatic nitrogens is 1. The Morgan fingerprint density at radius 2 is 2.29 bits per heavy atom. The van der Waals surface area contributed by atoms with Gasteiger partial charge < -0.3 is 9.15 Å².